The molecule has 0 amide bonds. The number of benzene rings is 2. The number of unbranched alkanes of at least 4 members (excludes halogenated alkanes) is 1. The summed E-state index contributed by atoms with van der Waals surface area (Å²) < 4.78 is 12.2. The SMILES string of the molecule is CCCC[C@]1(c2ccccc2)Oc2ccccc2[C@@H]1OC(C)=O. The molecule has 0 saturated heterocycles. The third kappa shape index (κ3) is 2.83. The normalized spacial score (nSPS) is 22.3. The van der Waals surface area contributed by atoms with Crippen molar-refractivity contribution in [1.82, 2.24) is 0 Å². The van der Waals surface area contributed by atoms with Gasteiger partial charge >= 0.3 is 5.97 Å². The number of fused-ring (bicyclic) bond motifs is 1. The summed E-state index contributed by atoms with van der Waals surface area (Å²) in [5, 5.41) is 0. The third-order valence-corrected chi connectivity index (χ3v) is 4.37. The highest BCUT2D eigenvalue weighted by Gasteiger charge is 2.51. The van der Waals surface area contributed by atoms with Gasteiger partial charge in [-0.3, -0.25) is 4.79 Å². The zero-order valence-electron chi connectivity index (χ0n) is 13.6. The molecule has 23 heavy (non-hydrogen) atoms. The molecular formula is C20H22O3. The van der Waals surface area contributed by atoms with Crippen LogP contribution in [0.5, 0.6) is 5.75 Å². The van der Waals surface area contributed by atoms with Crippen molar-refractivity contribution in [3.8, 4) is 5.75 Å². The van der Waals surface area contributed by atoms with E-state index in [2.05, 4.69) is 19.1 Å². The maximum Gasteiger partial charge on any atom is 0.303 e. The molecule has 0 spiro atoms. The van der Waals surface area contributed by atoms with Crippen molar-refractivity contribution in [1.29, 1.82) is 0 Å². The Bertz CT molecular complexity index is 680. The zero-order valence-corrected chi connectivity index (χ0v) is 13.6. The summed E-state index contributed by atoms with van der Waals surface area (Å²) in [6, 6.07) is 17.9. The molecule has 0 saturated carbocycles. The Morgan fingerprint density at radius 1 is 1.13 bits per heavy atom. The highest BCUT2D eigenvalue weighted by molar-refractivity contribution is 5.67. The van der Waals surface area contributed by atoms with E-state index in [0.717, 1.165) is 36.1 Å². The number of carbonyl (C=O) groups excluding carboxylic acids is 1. The van der Waals surface area contributed by atoms with Crippen molar-refractivity contribution < 1.29 is 14.3 Å². The van der Waals surface area contributed by atoms with Crippen molar-refractivity contribution in [3.63, 3.8) is 0 Å². The lowest BCUT2D eigenvalue weighted by Crippen LogP contribution is -2.37. The van der Waals surface area contributed by atoms with Gasteiger partial charge in [0.15, 0.2) is 11.7 Å². The van der Waals surface area contributed by atoms with Crippen LogP contribution in [0.4, 0.5) is 0 Å². The molecule has 3 rings (SSSR count). The van der Waals surface area contributed by atoms with E-state index >= 15 is 0 Å². The first-order valence-electron chi connectivity index (χ1n) is 8.18. The minimum Gasteiger partial charge on any atom is -0.478 e. The van der Waals surface area contributed by atoms with Gasteiger partial charge in [0.1, 0.15) is 5.75 Å². The van der Waals surface area contributed by atoms with Gasteiger partial charge in [0.05, 0.1) is 0 Å². The van der Waals surface area contributed by atoms with Crippen LogP contribution in [-0.2, 0) is 15.1 Å². The number of rotatable bonds is 5. The molecule has 3 heteroatoms. The number of hydrogen-bond acceptors (Lipinski definition) is 3. The molecule has 1 aliphatic rings. The van der Waals surface area contributed by atoms with Crippen LogP contribution in [0.2, 0.25) is 0 Å². The van der Waals surface area contributed by atoms with E-state index in [1.807, 2.05) is 42.5 Å². The maximum absolute atomic E-state index is 11.7. The molecule has 0 aromatic heterocycles. The largest absolute Gasteiger partial charge is 0.478 e. The quantitative estimate of drug-likeness (QED) is 0.746. The van der Waals surface area contributed by atoms with Crippen molar-refractivity contribution >= 4 is 5.97 Å². The average Bonchev–Trinajstić information content (AvgIpc) is 2.88. The van der Waals surface area contributed by atoms with E-state index in [1.54, 1.807) is 0 Å². The van der Waals surface area contributed by atoms with Gasteiger partial charge in [-0.25, -0.2) is 0 Å². The van der Waals surface area contributed by atoms with Crippen LogP contribution < -0.4 is 4.74 Å². The molecule has 2 aromatic rings. The van der Waals surface area contributed by atoms with Crippen LogP contribution in [0.15, 0.2) is 54.6 Å². The highest BCUT2D eigenvalue weighted by Crippen LogP contribution is 2.53. The fourth-order valence-electron chi connectivity index (χ4n) is 3.31. The Labute approximate surface area is 137 Å². The standard InChI is InChI=1S/C20H22O3/c1-3-4-14-20(16-10-6-5-7-11-16)19(22-15(2)21)17-12-8-9-13-18(17)23-20/h5-13,19H,3-4,14H2,1-2H3/t19-,20+/m0/s1. The fourth-order valence-corrected chi connectivity index (χ4v) is 3.31. The molecule has 120 valence electrons. The zero-order chi connectivity index (χ0) is 16.3. The van der Waals surface area contributed by atoms with Gasteiger partial charge < -0.3 is 9.47 Å². The monoisotopic (exact) mass is 310 g/mol. The first-order chi connectivity index (χ1) is 11.2. The molecule has 0 fully saturated rings. The first kappa shape index (κ1) is 15.6. The lowest BCUT2D eigenvalue weighted by atomic mass is 9.82. The summed E-state index contributed by atoms with van der Waals surface area (Å²) in [6.45, 7) is 3.61. The van der Waals surface area contributed by atoms with Crippen molar-refractivity contribution in [3.05, 3.63) is 65.7 Å². The number of para-hydroxylation sites is 1. The Kier molecular flexibility index (Phi) is 4.37. The van der Waals surface area contributed by atoms with E-state index in [9.17, 15) is 4.79 Å². The van der Waals surface area contributed by atoms with E-state index < -0.39 is 11.7 Å². The summed E-state index contributed by atoms with van der Waals surface area (Å²) in [7, 11) is 0. The molecule has 2 atom stereocenters. The number of hydrogen-bond donors (Lipinski definition) is 0. The summed E-state index contributed by atoms with van der Waals surface area (Å²) in [5.41, 5.74) is 1.35. The van der Waals surface area contributed by atoms with Gasteiger partial charge in [0.2, 0.25) is 0 Å². The van der Waals surface area contributed by atoms with E-state index in [0.29, 0.717) is 0 Å². The van der Waals surface area contributed by atoms with Crippen molar-refractivity contribution in [2.45, 2.75) is 44.8 Å². The molecule has 0 bridgehead atoms. The second-order valence-electron chi connectivity index (χ2n) is 5.99. The van der Waals surface area contributed by atoms with Crippen LogP contribution in [0, 0.1) is 0 Å². The molecule has 1 aliphatic heterocycles. The van der Waals surface area contributed by atoms with E-state index in [1.165, 1.54) is 6.92 Å². The summed E-state index contributed by atoms with van der Waals surface area (Å²) in [5.74, 6) is 0.519. The summed E-state index contributed by atoms with van der Waals surface area (Å²) >= 11 is 0. The number of esters is 1. The van der Waals surface area contributed by atoms with Crippen molar-refractivity contribution in [2.24, 2.45) is 0 Å². The molecule has 0 radical (unpaired) electrons. The predicted octanol–water partition coefficient (Wildman–Crippen LogP) is 4.77. The topological polar surface area (TPSA) is 35.5 Å². The smallest absolute Gasteiger partial charge is 0.303 e. The highest BCUT2D eigenvalue weighted by atomic mass is 16.6. The van der Waals surface area contributed by atoms with Crippen LogP contribution >= 0.6 is 0 Å². The predicted molar refractivity (Wildman–Crippen MR) is 89.2 cm³/mol. The van der Waals surface area contributed by atoms with Gasteiger partial charge in [-0.05, 0) is 24.5 Å². The second-order valence-corrected chi connectivity index (χ2v) is 5.99. The lowest BCUT2D eigenvalue weighted by Gasteiger charge is -2.34. The number of carbonyl (C=O) groups is 1. The third-order valence-electron chi connectivity index (χ3n) is 4.37. The van der Waals surface area contributed by atoms with Crippen molar-refractivity contribution in [2.75, 3.05) is 0 Å². The molecular weight excluding hydrogens is 288 g/mol. The Morgan fingerprint density at radius 2 is 1.83 bits per heavy atom. The molecule has 0 aliphatic carbocycles. The first-order valence-corrected chi connectivity index (χ1v) is 8.18. The molecule has 1 heterocycles. The Hall–Kier alpha value is -2.29. The summed E-state index contributed by atoms with van der Waals surface area (Å²) in [4.78, 5) is 11.7. The van der Waals surface area contributed by atoms with E-state index in [-0.39, 0.29) is 5.97 Å². The second kappa shape index (κ2) is 6.45. The van der Waals surface area contributed by atoms with Crippen LogP contribution in [0.3, 0.4) is 0 Å². The summed E-state index contributed by atoms with van der Waals surface area (Å²) in [6.07, 6.45) is 2.45. The van der Waals surface area contributed by atoms with E-state index in [4.69, 9.17) is 9.47 Å². The van der Waals surface area contributed by atoms with Gasteiger partial charge in [-0.2, -0.15) is 0 Å². The molecule has 3 nitrogen and oxygen atoms in total. The van der Waals surface area contributed by atoms with Crippen LogP contribution in [0.1, 0.15) is 50.3 Å². The van der Waals surface area contributed by atoms with Gasteiger partial charge in [-0.15, -0.1) is 0 Å². The molecule has 0 unspecified atom stereocenters. The minimum atomic E-state index is -0.646. The van der Waals surface area contributed by atoms with Gasteiger partial charge in [-0.1, -0.05) is 61.9 Å². The molecule has 0 N–H and O–H groups in total. The van der Waals surface area contributed by atoms with Crippen LogP contribution in [0.25, 0.3) is 0 Å². The van der Waals surface area contributed by atoms with Gasteiger partial charge in [0.25, 0.3) is 0 Å². The minimum absolute atomic E-state index is 0.285. The maximum atomic E-state index is 11.7. The van der Waals surface area contributed by atoms with Crippen LogP contribution in [-0.4, -0.2) is 5.97 Å². The molecule has 2 aromatic carbocycles. The lowest BCUT2D eigenvalue weighted by molar-refractivity contribution is -0.158. The Morgan fingerprint density at radius 3 is 2.52 bits per heavy atom. The average molecular weight is 310 g/mol. The fraction of sp³-hybridized carbons (Fsp3) is 0.350. The number of ether oxygens (including phenoxy) is 2. The van der Waals surface area contributed by atoms with Gasteiger partial charge in [0, 0.05) is 12.5 Å². The Balaban J connectivity index is 2.11.